The summed E-state index contributed by atoms with van der Waals surface area (Å²) in [4.78, 5) is 13.1. The van der Waals surface area contributed by atoms with Gasteiger partial charge in [-0.3, -0.25) is 4.79 Å². The van der Waals surface area contributed by atoms with Gasteiger partial charge >= 0.3 is 6.18 Å². The molecule has 0 aliphatic rings. The van der Waals surface area contributed by atoms with Crippen LogP contribution >= 0.6 is 0 Å². The van der Waals surface area contributed by atoms with Gasteiger partial charge in [0.2, 0.25) is 0 Å². The molecule has 0 bridgehead atoms. The van der Waals surface area contributed by atoms with Crippen molar-refractivity contribution >= 4 is 11.6 Å². The van der Waals surface area contributed by atoms with Crippen LogP contribution in [0.25, 0.3) is 0 Å². The number of hydrogen-bond acceptors (Lipinski definition) is 3. The van der Waals surface area contributed by atoms with Crippen LogP contribution in [0.5, 0.6) is 0 Å². The molecule has 1 amide bonds. The van der Waals surface area contributed by atoms with Crippen molar-refractivity contribution in [2.75, 3.05) is 19.3 Å². The van der Waals surface area contributed by atoms with Crippen LogP contribution < -0.4 is 5.73 Å². The first-order chi connectivity index (χ1) is 8.77. The van der Waals surface area contributed by atoms with Crippen molar-refractivity contribution in [3.8, 4) is 6.07 Å². The maximum atomic E-state index is 12.6. The molecule has 0 radical (unpaired) electrons. The Kier molecular flexibility index (Phi) is 4.38. The van der Waals surface area contributed by atoms with E-state index in [9.17, 15) is 18.0 Å². The molecule has 0 atom stereocenters. The van der Waals surface area contributed by atoms with E-state index in [1.54, 1.807) is 0 Å². The molecule has 4 nitrogen and oxygen atoms in total. The van der Waals surface area contributed by atoms with E-state index in [-0.39, 0.29) is 24.2 Å². The number of rotatable bonds is 3. The number of anilines is 1. The number of hydrogen-bond donors (Lipinski definition) is 1. The number of benzene rings is 1. The molecule has 0 aromatic heterocycles. The summed E-state index contributed by atoms with van der Waals surface area (Å²) >= 11 is 0. The number of carbonyl (C=O) groups is 1. The highest BCUT2D eigenvalue weighted by Crippen LogP contribution is 2.31. The Morgan fingerprint density at radius 1 is 1.47 bits per heavy atom. The van der Waals surface area contributed by atoms with E-state index in [0.29, 0.717) is 0 Å². The molecular weight excluding hydrogens is 259 g/mol. The van der Waals surface area contributed by atoms with Crippen molar-refractivity contribution in [3.63, 3.8) is 0 Å². The average molecular weight is 271 g/mol. The molecule has 0 aliphatic carbocycles. The number of amides is 1. The maximum absolute atomic E-state index is 12.6. The minimum Gasteiger partial charge on any atom is -0.398 e. The zero-order valence-corrected chi connectivity index (χ0v) is 10.2. The number of nitriles is 1. The fraction of sp³-hybridized carbons (Fsp3) is 0.333. The van der Waals surface area contributed by atoms with Gasteiger partial charge < -0.3 is 10.6 Å². The molecular formula is C12H12F3N3O. The summed E-state index contributed by atoms with van der Waals surface area (Å²) in [5.74, 6) is -0.640. The lowest BCUT2D eigenvalue weighted by Gasteiger charge is -2.17. The Hall–Kier alpha value is -2.23. The van der Waals surface area contributed by atoms with Gasteiger partial charge in [-0.2, -0.15) is 18.4 Å². The number of halogens is 3. The smallest absolute Gasteiger partial charge is 0.398 e. The predicted molar refractivity (Wildman–Crippen MR) is 63.0 cm³/mol. The van der Waals surface area contributed by atoms with Crippen molar-refractivity contribution in [2.24, 2.45) is 0 Å². The third-order valence-electron chi connectivity index (χ3n) is 2.52. The van der Waals surface area contributed by atoms with E-state index in [1.165, 1.54) is 7.05 Å². The van der Waals surface area contributed by atoms with Crippen molar-refractivity contribution in [3.05, 3.63) is 29.3 Å². The molecule has 0 saturated heterocycles. The number of nitrogens with two attached hydrogens (primary N) is 1. The largest absolute Gasteiger partial charge is 0.416 e. The molecule has 2 N–H and O–H groups in total. The number of carbonyl (C=O) groups excluding carboxylic acids is 1. The van der Waals surface area contributed by atoms with Crippen molar-refractivity contribution in [2.45, 2.75) is 12.6 Å². The first-order valence-electron chi connectivity index (χ1n) is 5.36. The average Bonchev–Trinajstić information content (AvgIpc) is 2.34. The van der Waals surface area contributed by atoms with E-state index in [1.807, 2.05) is 6.07 Å². The van der Waals surface area contributed by atoms with E-state index in [2.05, 4.69) is 0 Å². The summed E-state index contributed by atoms with van der Waals surface area (Å²) in [5, 5.41) is 8.41. The first kappa shape index (κ1) is 14.8. The molecule has 0 aliphatic heterocycles. The Balaban J connectivity index is 3.06. The Labute approximate surface area is 108 Å². The highest BCUT2D eigenvalue weighted by molar-refractivity contribution is 5.99. The van der Waals surface area contributed by atoms with E-state index in [0.717, 1.165) is 23.1 Å². The van der Waals surface area contributed by atoms with Crippen molar-refractivity contribution in [1.29, 1.82) is 5.26 Å². The molecule has 1 rings (SSSR count). The number of alkyl halides is 3. The molecule has 0 unspecified atom stereocenters. The fourth-order valence-electron chi connectivity index (χ4n) is 1.44. The molecule has 1 aromatic rings. The van der Waals surface area contributed by atoms with Gasteiger partial charge in [-0.05, 0) is 18.2 Å². The fourth-order valence-corrected chi connectivity index (χ4v) is 1.44. The Morgan fingerprint density at radius 2 is 2.11 bits per heavy atom. The summed E-state index contributed by atoms with van der Waals surface area (Å²) in [6, 6.07) is 4.44. The minimum absolute atomic E-state index is 0.0261. The van der Waals surface area contributed by atoms with Gasteiger partial charge in [0.1, 0.15) is 0 Å². The predicted octanol–water partition coefficient (Wildman–Crippen LogP) is 2.27. The number of nitrogens with zero attached hydrogens (tertiary/aromatic N) is 2. The second kappa shape index (κ2) is 5.61. The first-order valence-corrected chi connectivity index (χ1v) is 5.36. The van der Waals surface area contributed by atoms with Crippen LogP contribution in [0.1, 0.15) is 22.3 Å². The zero-order chi connectivity index (χ0) is 14.6. The third-order valence-corrected chi connectivity index (χ3v) is 2.52. The van der Waals surface area contributed by atoms with Crippen molar-refractivity contribution < 1.29 is 18.0 Å². The zero-order valence-electron chi connectivity index (χ0n) is 10.2. The maximum Gasteiger partial charge on any atom is 0.416 e. The van der Waals surface area contributed by atoms with E-state index >= 15 is 0 Å². The summed E-state index contributed by atoms with van der Waals surface area (Å²) in [6.07, 6.45) is -4.44. The number of nitrogen functional groups attached to an aromatic ring is 1. The topological polar surface area (TPSA) is 70.1 Å². The molecule has 1 aromatic carbocycles. The van der Waals surface area contributed by atoms with Crippen LogP contribution in [0.4, 0.5) is 18.9 Å². The lowest BCUT2D eigenvalue weighted by atomic mass is 10.1. The molecule has 0 spiro atoms. The SMILES string of the molecule is CN(CCC#N)C(=O)c1cc(C(F)(F)F)ccc1N. The standard InChI is InChI=1S/C12H12F3N3O/c1-18(6-2-5-16)11(19)9-7-8(12(13,14)15)3-4-10(9)17/h3-4,7H,2,6,17H2,1H3. The summed E-state index contributed by atoms with van der Waals surface area (Å²) < 4.78 is 37.7. The van der Waals surface area contributed by atoms with Crippen molar-refractivity contribution in [1.82, 2.24) is 4.90 Å². The minimum atomic E-state index is -4.53. The summed E-state index contributed by atoms with van der Waals surface area (Å²) in [5.41, 5.74) is 4.35. The van der Waals surface area contributed by atoms with Gasteiger partial charge in [0.25, 0.3) is 5.91 Å². The van der Waals surface area contributed by atoms with Gasteiger partial charge in [0.15, 0.2) is 0 Å². The van der Waals surface area contributed by atoms with Crippen LogP contribution in [0.2, 0.25) is 0 Å². The molecule has 102 valence electrons. The summed E-state index contributed by atoms with van der Waals surface area (Å²) in [7, 11) is 1.40. The van der Waals surface area contributed by atoms with Crippen LogP contribution in [0.15, 0.2) is 18.2 Å². The third kappa shape index (κ3) is 3.61. The second-order valence-corrected chi connectivity index (χ2v) is 3.93. The summed E-state index contributed by atoms with van der Waals surface area (Å²) in [6.45, 7) is 0.130. The van der Waals surface area contributed by atoms with E-state index < -0.39 is 17.6 Å². The van der Waals surface area contributed by atoms with Crippen LogP contribution in [-0.4, -0.2) is 24.4 Å². The van der Waals surface area contributed by atoms with Gasteiger partial charge in [-0.25, -0.2) is 0 Å². The normalized spacial score (nSPS) is 10.9. The molecule has 7 heteroatoms. The highest BCUT2D eigenvalue weighted by Gasteiger charge is 2.31. The lowest BCUT2D eigenvalue weighted by molar-refractivity contribution is -0.137. The van der Waals surface area contributed by atoms with Gasteiger partial charge in [-0.1, -0.05) is 0 Å². The van der Waals surface area contributed by atoms with Crippen LogP contribution in [-0.2, 0) is 6.18 Å². The highest BCUT2D eigenvalue weighted by atomic mass is 19.4. The van der Waals surface area contributed by atoms with Crippen LogP contribution in [0.3, 0.4) is 0 Å². The lowest BCUT2D eigenvalue weighted by Crippen LogP contribution is -2.28. The molecule has 19 heavy (non-hydrogen) atoms. The van der Waals surface area contributed by atoms with Gasteiger partial charge in [-0.15, -0.1) is 0 Å². The monoisotopic (exact) mass is 271 g/mol. The second-order valence-electron chi connectivity index (χ2n) is 3.93. The molecule has 0 heterocycles. The van der Waals surface area contributed by atoms with Crippen LogP contribution in [0, 0.1) is 11.3 Å². The Morgan fingerprint density at radius 3 is 2.63 bits per heavy atom. The molecule has 0 fully saturated rings. The Bertz CT molecular complexity index is 520. The van der Waals surface area contributed by atoms with E-state index in [4.69, 9.17) is 11.0 Å². The molecule has 0 saturated carbocycles. The van der Waals surface area contributed by atoms with Gasteiger partial charge in [0, 0.05) is 19.3 Å². The van der Waals surface area contributed by atoms with Gasteiger partial charge in [0.05, 0.1) is 23.6 Å². The quantitative estimate of drug-likeness (QED) is 0.857.